The number of methoxy groups -OCH3 is 3. The normalized spacial score (nSPS) is 12.9. The predicted molar refractivity (Wildman–Crippen MR) is 95.9 cm³/mol. The lowest BCUT2D eigenvalue weighted by Gasteiger charge is -2.19. The molecule has 132 valence electrons. The quantitative estimate of drug-likeness (QED) is 0.874. The topological polar surface area (TPSA) is 68.8 Å². The van der Waals surface area contributed by atoms with Crippen LogP contribution < -0.4 is 24.8 Å². The Hall–Kier alpha value is -2.73. The van der Waals surface area contributed by atoms with E-state index >= 15 is 0 Å². The number of nitrogens with one attached hydrogen (secondary N) is 2. The number of rotatable bonds is 5. The maximum absolute atomic E-state index is 12.7. The Kier molecular flexibility index (Phi) is 5.09. The molecule has 1 aliphatic heterocycles. The molecule has 1 aliphatic rings. The van der Waals surface area contributed by atoms with Crippen molar-refractivity contribution in [3.8, 4) is 17.2 Å². The molecule has 0 radical (unpaired) electrons. The van der Waals surface area contributed by atoms with Crippen molar-refractivity contribution in [2.75, 3.05) is 33.2 Å². The molecule has 0 aliphatic carbocycles. The summed E-state index contributed by atoms with van der Waals surface area (Å²) in [5, 5.41) is 6.26. The summed E-state index contributed by atoms with van der Waals surface area (Å²) in [5.74, 6) is 0.989. The molecule has 0 spiro atoms. The summed E-state index contributed by atoms with van der Waals surface area (Å²) < 4.78 is 16.0. The van der Waals surface area contributed by atoms with E-state index in [4.69, 9.17) is 14.2 Å². The third-order valence-corrected chi connectivity index (χ3v) is 4.30. The van der Waals surface area contributed by atoms with Crippen LogP contribution in [0.1, 0.15) is 21.5 Å². The molecule has 0 saturated heterocycles. The molecule has 0 aromatic heterocycles. The van der Waals surface area contributed by atoms with E-state index in [9.17, 15) is 4.79 Å². The molecular weight excluding hydrogens is 320 g/mol. The molecule has 2 N–H and O–H groups in total. The molecule has 0 atom stereocenters. The molecule has 0 saturated carbocycles. The van der Waals surface area contributed by atoms with Crippen LogP contribution in [0.25, 0.3) is 0 Å². The first-order valence-corrected chi connectivity index (χ1v) is 8.10. The van der Waals surface area contributed by atoms with Crippen molar-refractivity contribution in [3.63, 3.8) is 0 Å². The van der Waals surface area contributed by atoms with Crippen LogP contribution in [0.4, 0.5) is 5.69 Å². The number of benzene rings is 2. The second kappa shape index (κ2) is 7.44. The summed E-state index contributed by atoms with van der Waals surface area (Å²) >= 11 is 0. The third kappa shape index (κ3) is 3.39. The number of carbonyl (C=O) groups excluding carboxylic acids is 1. The smallest absolute Gasteiger partial charge is 0.259 e. The highest BCUT2D eigenvalue weighted by Gasteiger charge is 2.21. The molecule has 3 rings (SSSR count). The van der Waals surface area contributed by atoms with Crippen molar-refractivity contribution in [3.05, 3.63) is 47.0 Å². The maximum atomic E-state index is 12.7. The average Bonchev–Trinajstić information content (AvgIpc) is 2.66. The summed E-state index contributed by atoms with van der Waals surface area (Å²) in [6.07, 6.45) is 1.01. The van der Waals surface area contributed by atoms with Crippen molar-refractivity contribution in [1.82, 2.24) is 5.32 Å². The zero-order chi connectivity index (χ0) is 17.8. The summed E-state index contributed by atoms with van der Waals surface area (Å²) in [7, 11) is 4.55. The van der Waals surface area contributed by atoms with Crippen molar-refractivity contribution < 1.29 is 19.0 Å². The van der Waals surface area contributed by atoms with Gasteiger partial charge in [0.05, 0.1) is 26.9 Å². The van der Waals surface area contributed by atoms with E-state index in [2.05, 4.69) is 16.7 Å². The van der Waals surface area contributed by atoms with Crippen LogP contribution in [0.3, 0.4) is 0 Å². The Morgan fingerprint density at radius 2 is 1.80 bits per heavy atom. The van der Waals surface area contributed by atoms with Gasteiger partial charge in [0.25, 0.3) is 5.91 Å². The van der Waals surface area contributed by atoms with Crippen molar-refractivity contribution >= 4 is 11.6 Å². The first-order chi connectivity index (χ1) is 12.2. The molecular formula is C19H22N2O4. The highest BCUT2D eigenvalue weighted by atomic mass is 16.5. The number of carbonyl (C=O) groups is 1. The van der Waals surface area contributed by atoms with E-state index in [0.717, 1.165) is 25.2 Å². The monoisotopic (exact) mass is 342 g/mol. The van der Waals surface area contributed by atoms with Crippen LogP contribution in [-0.4, -0.2) is 33.8 Å². The molecule has 2 aromatic carbocycles. The molecule has 1 amide bonds. The van der Waals surface area contributed by atoms with Gasteiger partial charge in [-0.3, -0.25) is 4.79 Å². The molecule has 0 fully saturated rings. The first-order valence-electron chi connectivity index (χ1n) is 8.10. The van der Waals surface area contributed by atoms with E-state index in [0.29, 0.717) is 22.8 Å². The van der Waals surface area contributed by atoms with Crippen molar-refractivity contribution in [2.45, 2.75) is 13.0 Å². The highest BCUT2D eigenvalue weighted by Crippen LogP contribution is 2.40. The standard InChI is InChI=1S/C19H22N2O4/c1-23-16-7-6-15(17(24-2)18(16)25-3)19(22)21-14-5-4-12-8-9-20-11-13(12)10-14/h4-7,10,20H,8-9,11H2,1-3H3,(H,21,22). The van der Waals surface area contributed by atoms with Crippen LogP contribution in [0.2, 0.25) is 0 Å². The summed E-state index contributed by atoms with van der Waals surface area (Å²) in [4.78, 5) is 12.7. The summed E-state index contributed by atoms with van der Waals surface area (Å²) in [6, 6.07) is 9.35. The van der Waals surface area contributed by atoms with Crippen LogP contribution in [0.15, 0.2) is 30.3 Å². The minimum Gasteiger partial charge on any atom is -0.493 e. The SMILES string of the molecule is COc1ccc(C(=O)Nc2ccc3c(c2)CNCC3)c(OC)c1OC. The first kappa shape index (κ1) is 17.1. The van der Waals surface area contributed by atoms with Gasteiger partial charge in [-0.2, -0.15) is 0 Å². The summed E-state index contributed by atoms with van der Waals surface area (Å²) in [5.41, 5.74) is 3.67. The van der Waals surface area contributed by atoms with Gasteiger partial charge in [0.2, 0.25) is 5.75 Å². The number of amides is 1. The van der Waals surface area contributed by atoms with E-state index in [-0.39, 0.29) is 5.91 Å². The van der Waals surface area contributed by atoms with Gasteiger partial charge in [-0.05, 0) is 48.4 Å². The fourth-order valence-electron chi connectivity index (χ4n) is 3.04. The number of hydrogen-bond donors (Lipinski definition) is 2. The molecule has 6 heteroatoms. The fraction of sp³-hybridized carbons (Fsp3) is 0.316. The van der Waals surface area contributed by atoms with Crippen LogP contribution in [0, 0.1) is 0 Å². The Morgan fingerprint density at radius 1 is 1.00 bits per heavy atom. The number of ether oxygens (including phenoxy) is 3. The number of anilines is 1. The van der Waals surface area contributed by atoms with E-state index in [1.165, 1.54) is 32.5 Å². The van der Waals surface area contributed by atoms with Crippen molar-refractivity contribution in [1.29, 1.82) is 0 Å². The van der Waals surface area contributed by atoms with Gasteiger partial charge in [0.1, 0.15) is 0 Å². The lowest BCUT2D eigenvalue weighted by molar-refractivity contribution is 0.102. The second-order valence-corrected chi connectivity index (χ2v) is 5.75. The van der Waals surface area contributed by atoms with Gasteiger partial charge < -0.3 is 24.8 Å². The lowest BCUT2D eigenvalue weighted by Crippen LogP contribution is -2.23. The molecule has 0 bridgehead atoms. The van der Waals surface area contributed by atoms with E-state index in [1.807, 2.05) is 12.1 Å². The minimum absolute atomic E-state index is 0.262. The molecule has 6 nitrogen and oxygen atoms in total. The van der Waals surface area contributed by atoms with Gasteiger partial charge >= 0.3 is 0 Å². The molecule has 0 unspecified atom stereocenters. The highest BCUT2D eigenvalue weighted by molar-refractivity contribution is 6.07. The Morgan fingerprint density at radius 3 is 2.52 bits per heavy atom. The maximum Gasteiger partial charge on any atom is 0.259 e. The van der Waals surface area contributed by atoms with E-state index < -0.39 is 0 Å². The molecule has 25 heavy (non-hydrogen) atoms. The van der Waals surface area contributed by atoms with Gasteiger partial charge in [0.15, 0.2) is 11.5 Å². The Bertz CT molecular complexity index is 789. The van der Waals surface area contributed by atoms with Crippen LogP contribution in [-0.2, 0) is 13.0 Å². The molecule has 2 aromatic rings. The number of hydrogen-bond acceptors (Lipinski definition) is 5. The zero-order valence-corrected chi connectivity index (χ0v) is 14.6. The largest absolute Gasteiger partial charge is 0.493 e. The van der Waals surface area contributed by atoms with Gasteiger partial charge in [-0.15, -0.1) is 0 Å². The Labute approximate surface area is 147 Å². The third-order valence-electron chi connectivity index (χ3n) is 4.30. The van der Waals surface area contributed by atoms with E-state index in [1.54, 1.807) is 12.1 Å². The summed E-state index contributed by atoms with van der Waals surface area (Å²) in [6.45, 7) is 1.81. The van der Waals surface area contributed by atoms with Crippen LogP contribution in [0.5, 0.6) is 17.2 Å². The second-order valence-electron chi connectivity index (χ2n) is 5.75. The van der Waals surface area contributed by atoms with Crippen LogP contribution >= 0.6 is 0 Å². The van der Waals surface area contributed by atoms with Gasteiger partial charge in [-0.1, -0.05) is 6.07 Å². The van der Waals surface area contributed by atoms with Crippen molar-refractivity contribution in [2.24, 2.45) is 0 Å². The van der Waals surface area contributed by atoms with Gasteiger partial charge in [0, 0.05) is 12.2 Å². The van der Waals surface area contributed by atoms with Gasteiger partial charge in [-0.25, -0.2) is 0 Å². The molecule has 1 heterocycles. The zero-order valence-electron chi connectivity index (χ0n) is 14.6. The fourth-order valence-corrected chi connectivity index (χ4v) is 3.04. The predicted octanol–water partition coefficient (Wildman–Crippen LogP) is 2.61. The lowest BCUT2D eigenvalue weighted by atomic mass is 10.0. The number of fused-ring (bicyclic) bond motifs is 1. The Balaban J connectivity index is 1.88. The minimum atomic E-state index is -0.262. The average molecular weight is 342 g/mol.